The highest BCUT2D eigenvalue weighted by molar-refractivity contribution is 5.91. The van der Waals surface area contributed by atoms with Crippen molar-refractivity contribution >= 4 is 11.6 Å². The van der Waals surface area contributed by atoms with Gasteiger partial charge < -0.3 is 10.1 Å². The Kier molecular flexibility index (Phi) is 4.58. The monoisotopic (exact) mass is 287 g/mol. The zero-order valence-electron chi connectivity index (χ0n) is 12.4. The van der Waals surface area contributed by atoms with Crippen LogP contribution < -0.4 is 10.1 Å². The van der Waals surface area contributed by atoms with Gasteiger partial charge in [0.15, 0.2) is 6.61 Å². The van der Waals surface area contributed by atoms with Crippen molar-refractivity contribution in [1.29, 1.82) is 0 Å². The lowest BCUT2D eigenvalue weighted by Gasteiger charge is -2.12. The molecule has 0 spiro atoms. The lowest BCUT2D eigenvalue weighted by atomic mass is 10.1. The van der Waals surface area contributed by atoms with E-state index in [4.69, 9.17) is 4.74 Å². The number of hydrogen-bond acceptors (Lipinski definition) is 2. The standard InChI is InChI=1S/C17H18FNO2/c1-11-7-12(2)13(3)16(8-11)21-10-17(20)19-15-6-4-5-14(18)9-15/h4-9H,10H2,1-3H3,(H,19,20). The molecule has 0 heterocycles. The number of nitrogens with one attached hydrogen (secondary N) is 1. The zero-order valence-corrected chi connectivity index (χ0v) is 12.4. The fourth-order valence-corrected chi connectivity index (χ4v) is 2.06. The van der Waals surface area contributed by atoms with Crippen molar-refractivity contribution in [2.75, 3.05) is 11.9 Å². The summed E-state index contributed by atoms with van der Waals surface area (Å²) in [6.07, 6.45) is 0. The highest BCUT2D eigenvalue weighted by Crippen LogP contribution is 2.23. The summed E-state index contributed by atoms with van der Waals surface area (Å²) in [5.41, 5.74) is 3.63. The van der Waals surface area contributed by atoms with Gasteiger partial charge in [-0.15, -0.1) is 0 Å². The van der Waals surface area contributed by atoms with Crippen molar-refractivity contribution < 1.29 is 13.9 Å². The summed E-state index contributed by atoms with van der Waals surface area (Å²) < 4.78 is 18.6. The molecular weight excluding hydrogens is 269 g/mol. The molecule has 1 N–H and O–H groups in total. The molecule has 110 valence electrons. The topological polar surface area (TPSA) is 38.3 Å². The number of benzene rings is 2. The van der Waals surface area contributed by atoms with Crippen LogP contribution in [0.15, 0.2) is 36.4 Å². The lowest BCUT2D eigenvalue weighted by molar-refractivity contribution is -0.118. The van der Waals surface area contributed by atoms with Crippen molar-refractivity contribution in [3.8, 4) is 5.75 Å². The highest BCUT2D eigenvalue weighted by atomic mass is 19.1. The normalized spacial score (nSPS) is 10.3. The van der Waals surface area contributed by atoms with E-state index in [1.54, 1.807) is 12.1 Å². The van der Waals surface area contributed by atoms with Crippen LogP contribution in [0.1, 0.15) is 16.7 Å². The van der Waals surface area contributed by atoms with Crippen LogP contribution in [0.5, 0.6) is 5.75 Å². The Bertz CT molecular complexity index is 668. The molecule has 0 fully saturated rings. The molecule has 2 aromatic rings. The fourth-order valence-electron chi connectivity index (χ4n) is 2.06. The van der Waals surface area contributed by atoms with Gasteiger partial charge in [-0.3, -0.25) is 4.79 Å². The summed E-state index contributed by atoms with van der Waals surface area (Å²) in [7, 11) is 0. The van der Waals surface area contributed by atoms with Crippen molar-refractivity contribution in [1.82, 2.24) is 0 Å². The first-order chi connectivity index (χ1) is 9.95. The largest absolute Gasteiger partial charge is 0.483 e. The summed E-state index contributed by atoms with van der Waals surface area (Å²) in [6, 6.07) is 9.72. The first-order valence-electron chi connectivity index (χ1n) is 6.72. The molecule has 0 bridgehead atoms. The van der Waals surface area contributed by atoms with Gasteiger partial charge in [0, 0.05) is 5.69 Å². The van der Waals surface area contributed by atoms with Gasteiger partial charge in [-0.1, -0.05) is 12.1 Å². The molecule has 21 heavy (non-hydrogen) atoms. The molecular formula is C17H18FNO2. The van der Waals surface area contributed by atoms with Crippen molar-refractivity contribution in [2.24, 2.45) is 0 Å². The Hall–Kier alpha value is -2.36. The number of rotatable bonds is 4. The van der Waals surface area contributed by atoms with E-state index >= 15 is 0 Å². The second-order valence-corrected chi connectivity index (χ2v) is 5.05. The molecule has 0 aliphatic heterocycles. The van der Waals surface area contributed by atoms with E-state index < -0.39 is 0 Å². The molecule has 0 aliphatic carbocycles. The van der Waals surface area contributed by atoms with E-state index in [9.17, 15) is 9.18 Å². The lowest BCUT2D eigenvalue weighted by Crippen LogP contribution is -2.20. The molecule has 2 rings (SSSR count). The number of hydrogen-bond donors (Lipinski definition) is 1. The van der Waals surface area contributed by atoms with Crippen molar-refractivity contribution in [3.05, 3.63) is 58.9 Å². The van der Waals surface area contributed by atoms with Crippen LogP contribution in [0.2, 0.25) is 0 Å². The SMILES string of the molecule is Cc1cc(C)c(C)c(OCC(=O)Nc2cccc(F)c2)c1. The van der Waals surface area contributed by atoms with Crippen molar-refractivity contribution in [2.45, 2.75) is 20.8 Å². The number of carbonyl (C=O) groups is 1. The Balaban J connectivity index is 1.98. The predicted octanol–water partition coefficient (Wildman–Crippen LogP) is 3.77. The van der Waals surface area contributed by atoms with E-state index in [2.05, 4.69) is 11.4 Å². The summed E-state index contributed by atoms with van der Waals surface area (Å²) in [4.78, 5) is 11.8. The second-order valence-electron chi connectivity index (χ2n) is 5.05. The average molecular weight is 287 g/mol. The van der Waals surface area contributed by atoms with E-state index in [1.165, 1.54) is 12.1 Å². The molecule has 1 amide bonds. The predicted molar refractivity (Wildman–Crippen MR) is 81.2 cm³/mol. The van der Waals surface area contributed by atoms with Crippen LogP contribution in [-0.2, 0) is 4.79 Å². The molecule has 0 aromatic heterocycles. The summed E-state index contributed by atoms with van der Waals surface area (Å²) in [5, 5.41) is 2.60. The van der Waals surface area contributed by atoms with Gasteiger partial charge in [0.2, 0.25) is 0 Å². The van der Waals surface area contributed by atoms with Gasteiger partial charge in [-0.25, -0.2) is 4.39 Å². The molecule has 4 heteroatoms. The maximum Gasteiger partial charge on any atom is 0.262 e. The van der Waals surface area contributed by atoms with Gasteiger partial charge in [0.1, 0.15) is 11.6 Å². The average Bonchev–Trinajstić information content (AvgIpc) is 2.41. The number of carbonyl (C=O) groups excluding carboxylic acids is 1. The van der Waals surface area contributed by atoms with E-state index in [0.717, 1.165) is 16.7 Å². The van der Waals surface area contributed by atoms with Gasteiger partial charge in [-0.2, -0.15) is 0 Å². The van der Waals surface area contributed by atoms with Crippen LogP contribution in [0.25, 0.3) is 0 Å². The summed E-state index contributed by atoms with van der Waals surface area (Å²) in [5.74, 6) is -0.0140. The smallest absolute Gasteiger partial charge is 0.262 e. The zero-order chi connectivity index (χ0) is 15.4. The van der Waals surface area contributed by atoms with Crippen LogP contribution in [0, 0.1) is 26.6 Å². The fraction of sp³-hybridized carbons (Fsp3) is 0.235. The number of ether oxygens (including phenoxy) is 1. The van der Waals surface area contributed by atoms with Crippen LogP contribution in [0.4, 0.5) is 10.1 Å². The summed E-state index contributed by atoms with van der Waals surface area (Å²) >= 11 is 0. The van der Waals surface area contributed by atoms with Gasteiger partial charge in [0.25, 0.3) is 5.91 Å². The van der Waals surface area contributed by atoms with Crippen LogP contribution >= 0.6 is 0 Å². The van der Waals surface area contributed by atoms with Crippen LogP contribution in [-0.4, -0.2) is 12.5 Å². The Morgan fingerprint density at radius 2 is 1.95 bits per heavy atom. The Labute approximate surface area is 123 Å². The first-order valence-corrected chi connectivity index (χ1v) is 6.72. The Morgan fingerprint density at radius 3 is 2.67 bits per heavy atom. The van der Waals surface area contributed by atoms with E-state index in [1.807, 2.05) is 26.8 Å². The van der Waals surface area contributed by atoms with Crippen LogP contribution in [0.3, 0.4) is 0 Å². The minimum atomic E-state index is -0.390. The second kappa shape index (κ2) is 6.39. The number of halogens is 1. The van der Waals surface area contributed by atoms with Gasteiger partial charge in [-0.05, 0) is 61.7 Å². The van der Waals surface area contributed by atoms with E-state index in [-0.39, 0.29) is 18.3 Å². The maximum atomic E-state index is 13.0. The maximum absolute atomic E-state index is 13.0. The molecule has 0 radical (unpaired) electrons. The summed E-state index contributed by atoms with van der Waals surface area (Å²) in [6.45, 7) is 5.82. The quantitative estimate of drug-likeness (QED) is 0.929. The van der Waals surface area contributed by atoms with Gasteiger partial charge in [0.05, 0.1) is 0 Å². The molecule has 2 aromatic carbocycles. The number of anilines is 1. The Morgan fingerprint density at radius 1 is 1.19 bits per heavy atom. The molecule has 0 aliphatic rings. The number of aryl methyl sites for hydroxylation is 2. The van der Waals surface area contributed by atoms with Crippen molar-refractivity contribution in [3.63, 3.8) is 0 Å². The molecule has 0 saturated carbocycles. The van der Waals surface area contributed by atoms with E-state index in [0.29, 0.717) is 11.4 Å². The molecule has 3 nitrogen and oxygen atoms in total. The first kappa shape index (κ1) is 15.0. The highest BCUT2D eigenvalue weighted by Gasteiger charge is 2.08. The molecule has 0 unspecified atom stereocenters. The molecule has 0 atom stereocenters. The molecule has 0 saturated heterocycles. The van der Waals surface area contributed by atoms with Gasteiger partial charge >= 0.3 is 0 Å². The third-order valence-corrected chi connectivity index (χ3v) is 3.23. The third-order valence-electron chi connectivity index (χ3n) is 3.23. The number of amides is 1. The minimum absolute atomic E-state index is 0.111. The minimum Gasteiger partial charge on any atom is -0.483 e. The third kappa shape index (κ3) is 4.05.